The minimum atomic E-state index is -1.43. The standard InChI is InChI=1S/C44H74N10O9/c1-23(2)18-31-39(58)47-26(7)35(43(62)48-27(8)37(56)50-32(19-24(3)4)41(60)52-31)54-42(61)34(22-55)53-44-36(63-44)30(16-12-13-17-45)49-40(59)33(20-25(5)6)51-38(57)29(46)21-28-14-10-9-11-15-28/h9-11,14-15,23-27,29-36,44,53,55H,12-13,16-22,45-46H2,1-8H3,(H,47,58)(H,48,62)(H,49,59)(H,50,56)(H,51,57)(H,52,60)(H,54,61)/t26-,27-,29-,30+,31-,32-,33+,34-,35?,36?,44?/m0/s1. The van der Waals surface area contributed by atoms with E-state index in [9.17, 15) is 38.7 Å². The molecule has 2 aliphatic rings. The quantitative estimate of drug-likeness (QED) is 0.0491. The van der Waals surface area contributed by atoms with Crippen LogP contribution in [0.15, 0.2) is 30.3 Å². The normalized spacial score (nSPS) is 25.2. The molecule has 0 radical (unpaired) electrons. The van der Waals surface area contributed by atoms with Crippen LogP contribution < -0.4 is 54.0 Å². The number of amides is 7. The van der Waals surface area contributed by atoms with Crippen molar-refractivity contribution in [1.29, 1.82) is 0 Å². The van der Waals surface area contributed by atoms with Crippen LogP contribution in [0.3, 0.4) is 0 Å². The summed E-state index contributed by atoms with van der Waals surface area (Å²) >= 11 is 0. The Labute approximate surface area is 371 Å². The van der Waals surface area contributed by atoms with Crippen molar-refractivity contribution in [3.63, 3.8) is 0 Å². The number of carbonyl (C=O) groups excluding carboxylic acids is 7. The highest BCUT2D eigenvalue weighted by molar-refractivity contribution is 5.97. The summed E-state index contributed by atoms with van der Waals surface area (Å²) in [7, 11) is 0. The van der Waals surface area contributed by atoms with Gasteiger partial charge in [0.05, 0.1) is 24.7 Å². The number of epoxide rings is 1. The molecule has 0 bridgehead atoms. The summed E-state index contributed by atoms with van der Waals surface area (Å²) in [6.45, 7) is 14.1. The van der Waals surface area contributed by atoms with Crippen molar-refractivity contribution >= 4 is 41.4 Å². The maximum absolute atomic E-state index is 13.8. The van der Waals surface area contributed by atoms with Crippen LogP contribution in [0.4, 0.5) is 0 Å². The van der Waals surface area contributed by atoms with Crippen LogP contribution in [0.2, 0.25) is 0 Å². The minimum absolute atomic E-state index is 0.0144. The van der Waals surface area contributed by atoms with Crippen LogP contribution in [-0.4, -0.2) is 126 Å². The summed E-state index contributed by atoms with van der Waals surface area (Å²) in [6, 6.07) is 0.0852. The first kappa shape index (κ1) is 52.7. The Morgan fingerprint density at radius 1 is 0.746 bits per heavy atom. The molecule has 19 heteroatoms. The predicted molar refractivity (Wildman–Crippen MR) is 237 cm³/mol. The van der Waals surface area contributed by atoms with Gasteiger partial charge in [-0.15, -0.1) is 0 Å². The van der Waals surface area contributed by atoms with Crippen LogP contribution in [-0.2, 0) is 44.7 Å². The second kappa shape index (κ2) is 25.6. The van der Waals surface area contributed by atoms with Crippen LogP contribution in [0.25, 0.3) is 0 Å². The van der Waals surface area contributed by atoms with Gasteiger partial charge in [-0.25, -0.2) is 0 Å². The van der Waals surface area contributed by atoms with E-state index in [1.165, 1.54) is 13.8 Å². The molecule has 11 atom stereocenters. The fourth-order valence-electron chi connectivity index (χ4n) is 7.45. The summed E-state index contributed by atoms with van der Waals surface area (Å²) < 4.78 is 5.93. The molecule has 0 aromatic heterocycles. The van der Waals surface area contributed by atoms with Crippen molar-refractivity contribution in [1.82, 2.24) is 42.5 Å². The lowest BCUT2D eigenvalue weighted by molar-refractivity contribution is -0.134. The van der Waals surface area contributed by atoms with E-state index in [0.29, 0.717) is 38.6 Å². The lowest BCUT2D eigenvalue weighted by Crippen LogP contribution is -2.63. The average molecular weight is 887 g/mol. The molecule has 0 saturated carbocycles. The molecule has 2 heterocycles. The third-order valence-corrected chi connectivity index (χ3v) is 10.9. The molecule has 13 N–H and O–H groups in total. The highest BCUT2D eigenvalue weighted by atomic mass is 16.6. The molecule has 354 valence electrons. The molecule has 2 saturated heterocycles. The SMILES string of the molecule is CC(C)C[C@@H]1NC(=O)[C@H](C)NC(=O)C(NC(=O)[C@H](CO)NC2OC2[C@@H](CCCCN)NC(=O)[C@@H](CC(C)C)NC(=O)[C@@H](N)Cc2ccccc2)[C@H](C)NC(=O)[C@H](CC(C)C)NC1=O. The van der Waals surface area contributed by atoms with Gasteiger partial charge in [-0.3, -0.25) is 38.9 Å². The Kier molecular flexibility index (Phi) is 21.4. The number of carbonyl (C=O) groups is 7. The van der Waals surface area contributed by atoms with E-state index < -0.39 is 115 Å². The van der Waals surface area contributed by atoms with Gasteiger partial charge in [-0.1, -0.05) is 78.3 Å². The Morgan fingerprint density at radius 2 is 1.35 bits per heavy atom. The van der Waals surface area contributed by atoms with E-state index in [2.05, 4.69) is 42.5 Å². The highest BCUT2D eigenvalue weighted by Crippen LogP contribution is 2.27. The van der Waals surface area contributed by atoms with E-state index in [1.807, 2.05) is 71.9 Å². The summed E-state index contributed by atoms with van der Waals surface area (Å²) in [5, 5.41) is 32.7. The number of benzene rings is 1. The van der Waals surface area contributed by atoms with E-state index in [0.717, 1.165) is 5.56 Å². The summed E-state index contributed by atoms with van der Waals surface area (Å²) in [5.41, 5.74) is 12.9. The number of nitrogens with one attached hydrogen (secondary N) is 8. The molecular formula is C44H74N10O9. The van der Waals surface area contributed by atoms with Crippen molar-refractivity contribution in [3.8, 4) is 0 Å². The number of aliphatic hydroxyl groups is 1. The van der Waals surface area contributed by atoms with Crippen LogP contribution in [0.1, 0.15) is 99.5 Å². The smallest absolute Gasteiger partial charge is 0.245 e. The zero-order valence-electron chi connectivity index (χ0n) is 38.2. The van der Waals surface area contributed by atoms with E-state index in [-0.39, 0.29) is 30.6 Å². The van der Waals surface area contributed by atoms with E-state index in [4.69, 9.17) is 16.2 Å². The van der Waals surface area contributed by atoms with Gasteiger partial charge >= 0.3 is 0 Å². The second-order valence-electron chi connectivity index (χ2n) is 18.2. The molecular weight excluding hydrogens is 813 g/mol. The van der Waals surface area contributed by atoms with E-state index in [1.54, 1.807) is 0 Å². The zero-order valence-corrected chi connectivity index (χ0v) is 38.2. The van der Waals surface area contributed by atoms with Gasteiger partial charge in [-0.05, 0) is 82.2 Å². The molecule has 2 fully saturated rings. The molecule has 3 rings (SSSR count). The predicted octanol–water partition coefficient (Wildman–Crippen LogP) is -1.05. The summed E-state index contributed by atoms with van der Waals surface area (Å²) in [6.07, 6.45) is 1.50. The lowest BCUT2D eigenvalue weighted by Gasteiger charge is -2.29. The van der Waals surface area contributed by atoms with Gasteiger partial charge in [0.25, 0.3) is 0 Å². The van der Waals surface area contributed by atoms with Gasteiger partial charge in [0.1, 0.15) is 48.6 Å². The van der Waals surface area contributed by atoms with Crippen molar-refractivity contribution in [2.45, 2.75) is 167 Å². The maximum atomic E-state index is 13.8. The van der Waals surface area contributed by atoms with Crippen LogP contribution >= 0.6 is 0 Å². The molecule has 19 nitrogen and oxygen atoms in total. The third kappa shape index (κ3) is 17.4. The fourth-order valence-corrected chi connectivity index (χ4v) is 7.45. The van der Waals surface area contributed by atoms with Crippen molar-refractivity contribution in [3.05, 3.63) is 35.9 Å². The van der Waals surface area contributed by atoms with Crippen molar-refractivity contribution in [2.75, 3.05) is 13.2 Å². The number of unbranched alkanes of at least 4 members (excludes halogenated alkanes) is 1. The van der Waals surface area contributed by atoms with Gasteiger partial charge < -0.3 is 58.5 Å². The molecule has 1 aromatic carbocycles. The summed E-state index contributed by atoms with van der Waals surface area (Å²) in [5.74, 6) is -4.20. The third-order valence-electron chi connectivity index (χ3n) is 10.9. The Balaban J connectivity index is 1.77. The largest absolute Gasteiger partial charge is 0.394 e. The molecule has 3 unspecified atom stereocenters. The highest BCUT2D eigenvalue weighted by Gasteiger charge is 2.48. The van der Waals surface area contributed by atoms with Crippen LogP contribution in [0.5, 0.6) is 0 Å². The molecule has 63 heavy (non-hydrogen) atoms. The van der Waals surface area contributed by atoms with Crippen molar-refractivity contribution < 1.29 is 43.4 Å². The molecule has 0 spiro atoms. The van der Waals surface area contributed by atoms with E-state index >= 15 is 0 Å². The molecule has 0 aliphatic carbocycles. The van der Waals surface area contributed by atoms with Gasteiger partial charge in [0.15, 0.2) is 0 Å². The van der Waals surface area contributed by atoms with Crippen molar-refractivity contribution in [2.24, 2.45) is 29.2 Å². The first-order chi connectivity index (χ1) is 29.7. The number of nitrogens with two attached hydrogens (primary N) is 2. The molecule has 7 amide bonds. The van der Waals surface area contributed by atoms with Crippen LogP contribution in [0, 0.1) is 17.8 Å². The monoisotopic (exact) mass is 887 g/mol. The van der Waals surface area contributed by atoms with Gasteiger partial charge in [0.2, 0.25) is 41.4 Å². The number of hydrogen-bond acceptors (Lipinski definition) is 12. The molecule has 2 aliphatic heterocycles. The lowest BCUT2D eigenvalue weighted by atomic mass is 9.99. The number of hydrogen-bond donors (Lipinski definition) is 11. The Bertz CT molecular complexity index is 1680. The Morgan fingerprint density at radius 3 is 1.92 bits per heavy atom. The van der Waals surface area contributed by atoms with Gasteiger partial charge in [0, 0.05) is 0 Å². The topological polar surface area (TPSA) is 301 Å². The first-order valence-corrected chi connectivity index (χ1v) is 22.4. The Hall–Kier alpha value is -4.69. The number of ether oxygens (including phenoxy) is 1. The maximum Gasteiger partial charge on any atom is 0.245 e. The number of aliphatic hydroxyl groups excluding tert-OH is 1. The summed E-state index contributed by atoms with van der Waals surface area (Å²) in [4.78, 5) is 95.0. The minimum Gasteiger partial charge on any atom is -0.394 e. The zero-order chi connectivity index (χ0) is 47.0. The first-order valence-electron chi connectivity index (χ1n) is 22.4. The fraction of sp³-hybridized carbons (Fsp3) is 0.705. The number of rotatable bonds is 22. The van der Waals surface area contributed by atoms with Gasteiger partial charge in [-0.2, -0.15) is 0 Å². The second-order valence-corrected chi connectivity index (χ2v) is 18.2. The molecule has 1 aromatic rings. The average Bonchev–Trinajstić information content (AvgIpc) is 3.98.